The fourth-order valence-electron chi connectivity index (χ4n) is 2.72. The van der Waals surface area contributed by atoms with Crippen molar-refractivity contribution in [1.29, 1.82) is 0 Å². The molecular weight excluding hydrogens is 479 g/mol. The molecule has 1 heterocycles. The van der Waals surface area contributed by atoms with Gasteiger partial charge in [0.15, 0.2) is 5.82 Å². The molecule has 3 N–H and O–H groups in total. The van der Waals surface area contributed by atoms with Gasteiger partial charge < -0.3 is 14.9 Å². The minimum Gasteiger partial charge on any atom is -0.507 e. The Labute approximate surface area is 191 Å². The molecule has 3 aromatic rings. The average molecular weight is 497 g/mol. The summed E-state index contributed by atoms with van der Waals surface area (Å²) in [5, 5.41) is 18.6. The number of carboxylic acids is 1. The fraction of sp³-hybridized carbons (Fsp3) is 0.190. The summed E-state index contributed by atoms with van der Waals surface area (Å²) in [4.78, 5) is 19.4. The molecule has 0 unspecified atom stereocenters. The lowest BCUT2D eigenvalue weighted by molar-refractivity contribution is -0.129. The molecule has 0 aliphatic rings. The van der Waals surface area contributed by atoms with Crippen LogP contribution in [0.15, 0.2) is 54.9 Å². The van der Waals surface area contributed by atoms with Crippen LogP contribution in [0, 0.1) is 0 Å². The van der Waals surface area contributed by atoms with E-state index >= 15 is 0 Å². The first-order valence-electron chi connectivity index (χ1n) is 9.59. The standard InChI is InChI=1S/C21H18F3N3O6S/c22-21(23,24)6-7-34(31,32)27-15-3-1-2-14(8-15)19-25-10-13(11-26-19)12-33-16-4-5-18(28)17(9-16)20(29)30/h1-5,8-11,27-28H,6-7,12H2,(H,29,30). The summed E-state index contributed by atoms with van der Waals surface area (Å²) in [6, 6.07) is 9.65. The number of nitrogens with one attached hydrogen (secondary N) is 1. The molecule has 180 valence electrons. The number of rotatable bonds is 9. The van der Waals surface area contributed by atoms with E-state index in [4.69, 9.17) is 9.84 Å². The van der Waals surface area contributed by atoms with Gasteiger partial charge in [-0.15, -0.1) is 0 Å². The molecule has 3 rings (SSSR count). The quantitative estimate of drug-likeness (QED) is 0.406. The Kier molecular flexibility index (Phi) is 7.25. The van der Waals surface area contributed by atoms with Crippen LogP contribution < -0.4 is 9.46 Å². The Bertz CT molecular complexity index is 1280. The molecule has 9 nitrogen and oxygen atoms in total. The number of alkyl halides is 3. The van der Waals surface area contributed by atoms with E-state index in [0.717, 1.165) is 0 Å². The molecule has 0 bridgehead atoms. The van der Waals surface area contributed by atoms with Crippen LogP contribution in [-0.2, 0) is 16.6 Å². The predicted octanol–water partition coefficient (Wildman–Crippen LogP) is 3.82. The Morgan fingerprint density at radius 2 is 1.79 bits per heavy atom. The number of aromatic carboxylic acids is 1. The summed E-state index contributed by atoms with van der Waals surface area (Å²) >= 11 is 0. The molecule has 1 aromatic heterocycles. The van der Waals surface area contributed by atoms with Gasteiger partial charge in [-0.1, -0.05) is 12.1 Å². The third-order valence-electron chi connectivity index (χ3n) is 4.36. The van der Waals surface area contributed by atoms with Crippen LogP contribution in [0.3, 0.4) is 0 Å². The van der Waals surface area contributed by atoms with Gasteiger partial charge in [0.05, 0.1) is 12.2 Å². The SMILES string of the molecule is O=C(O)c1cc(OCc2cnc(-c3cccc(NS(=O)(=O)CCC(F)(F)F)c3)nc2)ccc1O. The largest absolute Gasteiger partial charge is 0.507 e. The van der Waals surface area contributed by atoms with Crippen LogP contribution in [0.1, 0.15) is 22.3 Å². The minimum absolute atomic E-state index is 0.00313. The van der Waals surface area contributed by atoms with E-state index in [-0.39, 0.29) is 29.4 Å². The number of nitrogens with zero attached hydrogens (tertiary/aromatic N) is 2. The van der Waals surface area contributed by atoms with Crippen molar-refractivity contribution in [2.45, 2.75) is 19.2 Å². The number of phenols is 1. The number of carboxylic acid groups (broad SMARTS) is 1. The second kappa shape index (κ2) is 9.95. The number of sulfonamides is 1. The molecule has 0 saturated carbocycles. The molecule has 0 amide bonds. The van der Waals surface area contributed by atoms with Crippen LogP contribution in [0.25, 0.3) is 11.4 Å². The molecule has 0 radical (unpaired) electrons. The highest BCUT2D eigenvalue weighted by Crippen LogP contribution is 2.25. The number of anilines is 1. The normalized spacial score (nSPS) is 11.7. The summed E-state index contributed by atoms with van der Waals surface area (Å²) in [6.45, 7) is 0.00313. The number of aromatic hydroxyl groups is 1. The molecule has 0 atom stereocenters. The van der Waals surface area contributed by atoms with Crippen LogP contribution >= 0.6 is 0 Å². The molecule has 0 aliphatic carbocycles. The summed E-state index contributed by atoms with van der Waals surface area (Å²) in [7, 11) is -4.20. The van der Waals surface area contributed by atoms with E-state index in [1.54, 1.807) is 6.07 Å². The maximum Gasteiger partial charge on any atom is 0.390 e. The molecule has 2 aromatic carbocycles. The smallest absolute Gasteiger partial charge is 0.390 e. The number of hydrogen-bond donors (Lipinski definition) is 3. The molecule has 34 heavy (non-hydrogen) atoms. The first kappa shape index (κ1) is 24.8. The van der Waals surface area contributed by atoms with Gasteiger partial charge in [-0.25, -0.2) is 23.2 Å². The molecular formula is C21H18F3N3O6S. The first-order valence-corrected chi connectivity index (χ1v) is 11.2. The topological polar surface area (TPSA) is 139 Å². The van der Waals surface area contributed by atoms with Crippen molar-refractivity contribution in [3.8, 4) is 22.9 Å². The van der Waals surface area contributed by atoms with Gasteiger partial charge in [-0.05, 0) is 30.3 Å². The highest BCUT2D eigenvalue weighted by Gasteiger charge is 2.30. The number of ether oxygens (including phenoxy) is 1. The number of benzene rings is 2. The summed E-state index contributed by atoms with van der Waals surface area (Å²) in [6.07, 6.45) is -3.16. The zero-order valence-electron chi connectivity index (χ0n) is 17.3. The zero-order chi connectivity index (χ0) is 24.9. The lowest BCUT2D eigenvalue weighted by atomic mass is 10.2. The maximum atomic E-state index is 12.3. The molecule has 0 fully saturated rings. The average Bonchev–Trinajstić information content (AvgIpc) is 2.77. The van der Waals surface area contributed by atoms with Crippen molar-refractivity contribution in [2.75, 3.05) is 10.5 Å². The minimum atomic E-state index is -4.59. The van der Waals surface area contributed by atoms with Crippen molar-refractivity contribution in [1.82, 2.24) is 9.97 Å². The van der Waals surface area contributed by atoms with Crippen LogP contribution in [0.2, 0.25) is 0 Å². The van der Waals surface area contributed by atoms with Crippen molar-refractivity contribution in [3.63, 3.8) is 0 Å². The molecule has 13 heteroatoms. The first-order chi connectivity index (χ1) is 15.9. The second-order valence-electron chi connectivity index (χ2n) is 7.05. The summed E-state index contributed by atoms with van der Waals surface area (Å²) < 4.78 is 68.3. The molecule has 0 spiro atoms. The third kappa shape index (κ3) is 7.07. The Balaban J connectivity index is 1.66. The third-order valence-corrected chi connectivity index (χ3v) is 5.65. The van der Waals surface area contributed by atoms with E-state index in [1.807, 2.05) is 0 Å². The van der Waals surface area contributed by atoms with Crippen LogP contribution in [0.4, 0.5) is 18.9 Å². The van der Waals surface area contributed by atoms with Gasteiger partial charge in [0, 0.05) is 29.2 Å². The fourth-order valence-corrected chi connectivity index (χ4v) is 3.81. The van der Waals surface area contributed by atoms with Crippen molar-refractivity contribution < 1.29 is 41.3 Å². The van der Waals surface area contributed by atoms with E-state index in [0.29, 0.717) is 11.1 Å². The van der Waals surface area contributed by atoms with Crippen LogP contribution in [-0.4, -0.2) is 46.5 Å². The Hall–Kier alpha value is -3.87. The molecule has 0 saturated heterocycles. The van der Waals surface area contributed by atoms with Gasteiger partial charge in [-0.3, -0.25) is 4.72 Å². The van der Waals surface area contributed by atoms with Gasteiger partial charge in [-0.2, -0.15) is 13.2 Å². The predicted molar refractivity (Wildman–Crippen MR) is 115 cm³/mol. The number of carbonyl (C=O) groups is 1. The van der Waals surface area contributed by atoms with E-state index in [2.05, 4.69) is 14.7 Å². The van der Waals surface area contributed by atoms with E-state index in [9.17, 15) is 31.5 Å². The summed E-state index contributed by atoms with van der Waals surface area (Å²) in [5.41, 5.74) is 0.723. The zero-order valence-corrected chi connectivity index (χ0v) is 18.1. The van der Waals surface area contributed by atoms with Gasteiger partial charge in [0.1, 0.15) is 23.7 Å². The van der Waals surface area contributed by atoms with Crippen LogP contribution in [0.5, 0.6) is 11.5 Å². The Morgan fingerprint density at radius 3 is 2.44 bits per heavy atom. The van der Waals surface area contributed by atoms with Gasteiger partial charge in [0.25, 0.3) is 0 Å². The van der Waals surface area contributed by atoms with Crippen molar-refractivity contribution in [3.05, 3.63) is 66.0 Å². The van der Waals surface area contributed by atoms with E-state index in [1.165, 1.54) is 48.8 Å². The van der Waals surface area contributed by atoms with Gasteiger partial charge >= 0.3 is 12.1 Å². The van der Waals surface area contributed by atoms with Crippen molar-refractivity contribution >= 4 is 21.7 Å². The van der Waals surface area contributed by atoms with E-state index < -0.39 is 40.1 Å². The number of hydrogen-bond acceptors (Lipinski definition) is 7. The Morgan fingerprint density at radius 1 is 1.09 bits per heavy atom. The maximum absolute atomic E-state index is 12.3. The van der Waals surface area contributed by atoms with Crippen molar-refractivity contribution in [2.24, 2.45) is 0 Å². The lowest BCUT2D eigenvalue weighted by Gasteiger charge is -2.11. The second-order valence-corrected chi connectivity index (χ2v) is 8.90. The molecule has 0 aliphatic heterocycles. The monoisotopic (exact) mass is 497 g/mol. The summed E-state index contributed by atoms with van der Waals surface area (Å²) in [5.74, 6) is -2.35. The number of aromatic nitrogens is 2. The highest BCUT2D eigenvalue weighted by molar-refractivity contribution is 7.92. The highest BCUT2D eigenvalue weighted by atomic mass is 32.2. The lowest BCUT2D eigenvalue weighted by Crippen LogP contribution is -2.21. The number of halogens is 3. The van der Waals surface area contributed by atoms with Gasteiger partial charge in [0.2, 0.25) is 10.0 Å².